The maximum atomic E-state index is 14.7. The zero-order valence-electron chi connectivity index (χ0n) is 79.7. The molecule has 0 radical (unpaired) electrons. The molecular formula is C96H161N7O22P2S. The van der Waals surface area contributed by atoms with Crippen molar-refractivity contribution in [2.75, 3.05) is 86.7 Å². The van der Waals surface area contributed by atoms with Gasteiger partial charge in [0.05, 0.1) is 77.6 Å². The van der Waals surface area contributed by atoms with E-state index in [1.165, 1.54) is 282 Å². The van der Waals surface area contributed by atoms with Gasteiger partial charge >= 0.3 is 37.9 Å². The predicted molar refractivity (Wildman–Crippen MR) is 503 cm³/mol. The fourth-order valence-corrected chi connectivity index (χ4v) is 19.2. The van der Waals surface area contributed by atoms with E-state index in [2.05, 4.69) is 35.6 Å². The van der Waals surface area contributed by atoms with Gasteiger partial charge in [0.25, 0.3) is 17.0 Å². The van der Waals surface area contributed by atoms with Gasteiger partial charge in [0.15, 0.2) is 17.7 Å². The van der Waals surface area contributed by atoms with Gasteiger partial charge in [-0.2, -0.15) is 5.26 Å². The Balaban J connectivity index is 1.20. The monoisotopic (exact) mass is 1860 g/mol. The fraction of sp³-hybridized carbons (Fsp3) is 0.802. The van der Waals surface area contributed by atoms with Gasteiger partial charge in [-0.15, -0.1) is 0 Å². The van der Waals surface area contributed by atoms with E-state index in [1.807, 2.05) is 6.07 Å². The summed E-state index contributed by atoms with van der Waals surface area (Å²) in [5.74, 6) is -0.504. The Morgan fingerprint density at radius 2 is 1.02 bits per heavy atom. The van der Waals surface area contributed by atoms with Crippen molar-refractivity contribution >= 4 is 44.2 Å². The summed E-state index contributed by atoms with van der Waals surface area (Å²) in [5.41, 5.74) is -2.59. The molecule has 3 aromatic rings. The second-order valence-corrected chi connectivity index (χ2v) is 38.8. The standard InChI is InChI=1S/C96H161N7O22P2S/c1-9-12-15-18-21-24-27-30-33-36-39-42-45-48-51-54-65-113-82-73-80(74-83(114-66-55-52-49-46-43-40-37-34-31-28-25-22-19-16-13-10-2)90(82)117-67-56-53-50-47-44-41-38-35-32-29-26-23-20-17-14-11-3)93(108)101(7)64-70-115-87(105)58-59-88(106)116-71-72-119-126(111,118-68-57-61-97)124-81-75-86(103-76-78(4)92(107)100-96(103)110)123-84(81)77-121-127(128,120-69-62-98-6)125-89-79(5)122-94(91(89)112-8)102-63-60-85(104)99-95(102)109/h60,63,73-74,76,79,81,84,86,89,91,94H,9-59,62,64-72,75,77H2,1-5,7-8H3,(H,99,104,109)(H,100,107,110)/t79-,81?,84-,86-,89?,91+,94-,126?,127?/m1/s1/i5D. The molecule has 32 heteroatoms. The number of nitrogens with one attached hydrogen (secondary N) is 2. The number of H-pyrrole nitrogens is 2. The van der Waals surface area contributed by atoms with Crippen LogP contribution in [-0.2, 0) is 76.8 Å². The first-order valence-electron chi connectivity index (χ1n) is 49.7. The SMILES string of the molecule is [2H]C[C@H]1O[C@@H](n2ccc(=O)[nH]c2=O)[C@@H](OC)C1OP(=S)(OCC[N+]#[C-])OC[C@H]1O[C@@H](n2cc(C)c(=O)[nH]c2=O)CC1OP(=O)(OCCC#N)OCCOC(=O)CCC(=O)OCCN(C)C(=O)c1cc(OCCCCCCCCCCCCCCCCCC)c(OCCCCCCCCCCCCCCCCCC)c(OCCCCCCCCCCCCCCCCCC)c1. The molecule has 1 aromatic carbocycles. The molecule has 0 bridgehead atoms. The highest BCUT2D eigenvalue weighted by Crippen LogP contribution is 2.57. The number of carbonyl (C=O) groups is 3. The van der Waals surface area contributed by atoms with Crippen LogP contribution >= 0.6 is 14.5 Å². The lowest BCUT2D eigenvalue weighted by Crippen LogP contribution is -2.39. The molecule has 1 amide bonds. The maximum absolute atomic E-state index is 14.7. The van der Waals surface area contributed by atoms with Crippen molar-refractivity contribution in [1.82, 2.24) is 24.0 Å². The van der Waals surface area contributed by atoms with E-state index < -0.39 is 138 Å². The molecule has 29 nitrogen and oxygen atoms in total. The summed E-state index contributed by atoms with van der Waals surface area (Å²) in [6.07, 6.45) is 52.8. The van der Waals surface area contributed by atoms with Crippen LogP contribution in [0.15, 0.2) is 49.8 Å². The molecule has 5 rings (SSSR count). The Labute approximate surface area is 771 Å². The lowest BCUT2D eigenvalue weighted by atomic mass is 10.0. The van der Waals surface area contributed by atoms with E-state index in [0.29, 0.717) is 42.6 Å². The highest BCUT2D eigenvalue weighted by molar-refractivity contribution is 8.07. The van der Waals surface area contributed by atoms with Gasteiger partial charge < -0.3 is 56.7 Å². The number of carbonyl (C=O) groups excluding carboxylic acids is 3. The average molecular weight is 1860 g/mol. The molecule has 0 saturated carbocycles. The van der Waals surface area contributed by atoms with Gasteiger partial charge in [0, 0.05) is 51.5 Å². The zero-order chi connectivity index (χ0) is 93.2. The summed E-state index contributed by atoms with van der Waals surface area (Å²) in [6.45, 7) is 9.53. The number of esters is 2. The average Bonchev–Trinajstić information content (AvgIpc) is 1.39. The molecule has 0 aliphatic carbocycles. The van der Waals surface area contributed by atoms with Crippen molar-refractivity contribution in [3.8, 4) is 23.3 Å². The van der Waals surface area contributed by atoms with Crippen LogP contribution in [0.1, 0.15) is 391 Å². The van der Waals surface area contributed by atoms with Crippen molar-refractivity contribution in [3.05, 3.63) is 94.8 Å². The number of likely N-dealkylation sites (N-methyl/N-ethyl adjacent to an activating group) is 1. The summed E-state index contributed by atoms with van der Waals surface area (Å²) in [7, 11) is -1.90. The van der Waals surface area contributed by atoms with Gasteiger partial charge in [0.1, 0.15) is 50.5 Å². The second-order valence-electron chi connectivity index (χ2n) is 34.2. The smallest absolute Gasteiger partial charge is 0.475 e. The number of hydrogen-bond donors (Lipinski definition) is 2. The Morgan fingerprint density at radius 3 is 1.46 bits per heavy atom. The molecule has 128 heavy (non-hydrogen) atoms. The molecule has 4 heterocycles. The number of ether oxygens (including phenoxy) is 8. The number of phosphoric acid groups is 1. The zero-order valence-corrected chi connectivity index (χ0v) is 81.3. The Morgan fingerprint density at radius 1 is 0.570 bits per heavy atom. The molecule has 0 spiro atoms. The van der Waals surface area contributed by atoms with Gasteiger partial charge in [-0.05, 0) is 57.0 Å². The van der Waals surface area contributed by atoms with E-state index in [-0.39, 0.29) is 50.6 Å². The van der Waals surface area contributed by atoms with Crippen LogP contribution in [-0.4, -0.2) is 159 Å². The van der Waals surface area contributed by atoms with E-state index >= 15 is 0 Å². The highest BCUT2D eigenvalue weighted by atomic mass is 32.5. The van der Waals surface area contributed by atoms with Crippen molar-refractivity contribution < 1.29 is 85.4 Å². The van der Waals surface area contributed by atoms with Crippen LogP contribution < -0.4 is 36.7 Å². The molecule has 2 fully saturated rings. The largest absolute Gasteiger partial charge is 0.490 e. The number of benzene rings is 1. The molecular weight excluding hydrogens is 1700 g/mol. The van der Waals surface area contributed by atoms with Gasteiger partial charge in [-0.3, -0.25) is 61.2 Å². The Kier molecular flexibility index (Phi) is 60.2. The third-order valence-corrected chi connectivity index (χ3v) is 27.2. The van der Waals surface area contributed by atoms with Gasteiger partial charge in [-0.25, -0.2) is 20.7 Å². The van der Waals surface area contributed by atoms with Crippen molar-refractivity contribution in [3.63, 3.8) is 0 Å². The molecule has 9 atom stereocenters. The number of aromatic nitrogens is 4. The summed E-state index contributed by atoms with van der Waals surface area (Å²) in [6, 6.07) is 6.47. The molecule has 2 aromatic heterocycles. The first-order valence-corrected chi connectivity index (χ1v) is 53.0. The summed E-state index contributed by atoms with van der Waals surface area (Å²) in [5, 5.41) is 9.46. The van der Waals surface area contributed by atoms with Crippen molar-refractivity contribution in [1.29, 1.82) is 5.26 Å². The molecule has 4 unspecified atom stereocenters. The minimum atomic E-state index is -4.82. The molecule has 2 N–H and O–H groups in total. The van der Waals surface area contributed by atoms with Crippen LogP contribution in [0.25, 0.3) is 4.85 Å². The number of unbranched alkanes of at least 4 members (excludes halogenated alkanes) is 45. The molecule has 2 aliphatic heterocycles. The molecule has 728 valence electrons. The van der Waals surface area contributed by atoms with Gasteiger partial charge in [-0.1, -0.05) is 310 Å². The van der Waals surface area contributed by atoms with E-state index in [9.17, 15) is 43.4 Å². The lowest BCUT2D eigenvalue weighted by molar-refractivity contribution is -0.150. The number of phosphoric ester groups is 1. The minimum absolute atomic E-state index is 0.00931. The highest BCUT2D eigenvalue weighted by Gasteiger charge is 2.50. The number of aryl methyl sites for hydroxylation is 1. The Bertz CT molecular complexity index is 3910. The van der Waals surface area contributed by atoms with Crippen LogP contribution in [0.3, 0.4) is 0 Å². The van der Waals surface area contributed by atoms with E-state index in [4.69, 9.17) is 84.8 Å². The van der Waals surface area contributed by atoms with Crippen LogP contribution in [0, 0.1) is 24.8 Å². The number of nitriles is 1. The lowest BCUT2D eigenvalue weighted by Gasteiger charge is -2.30. The topological polar surface area (TPSA) is 339 Å². The van der Waals surface area contributed by atoms with Crippen LogP contribution in [0.2, 0.25) is 0 Å². The predicted octanol–water partition coefficient (Wildman–Crippen LogP) is 22.2. The number of amides is 1. The fourth-order valence-electron chi connectivity index (χ4n) is 15.8. The summed E-state index contributed by atoms with van der Waals surface area (Å²) < 4.78 is 110. The maximum Gasteiger partial charge on any atom is 0.475 e. The Hall–Kier alpha value is -6.11. The summed E-state index contributed by atoms with van der Waals surface area (Å²) in [4.78, 5) is 101. The number of methoxy groups -OCH3 is 1. The van der Waals surface area contributed by atoms with Crippen molar-refractivity contribution in [2.24, 2.45) is 0 Å². The van der Waals surface area contributed by atoms with E-state index in [1.54, 1.807) is 19.2 Å². The number of aromatic amines is 2. The van der Waals surface area contributed by atoms with Crippen LogP contribution in [0.5, 0.6) is 17.2 Å². The minimum Gasteiger partial charge on any atom is -0.490 e. The van der Waals surface area contributed by atoms with Crippen molar-refractivity contribution in [2.45, 2.75) is 411 Å². The molecule has 2 aliphatic rings. The third kappa shape index (κ3) is 47.5. The third-order valence-electron chi connectivity index (χ3n) is 23.3. The van der Waals surface area contributed by atoms with Crippen LogP contribution in [0.4, 0.5) is 0 Å². The van der Waals surface area contributed by atoms with E-state index in [0.717, 1.165) is 73.0 Å². The number of rotatable bonds is 81. The number of hydrogen-bond acceptors (Lipinski definition) is 24. The number of nitrogens with zero attached hydrogens (tertiary/aromatic N) is 5. The second kappa shape index (κ2) is 69.7. The summed E-state index contributed by atoms with van der Waals surface area (Å²) >= 11 is 5.91. The first kappa shape index (κ1) is 111. The van der Waals surface area contributed by atoms with Gasteiger partial charge in [0.2, 0.25) is 12.3 Å². The quantitative estimate of drug-likeness (QED) is 0.0229. The first-order chi connectivity index (χ1) is 62.8. The normalized spacial score (nSPS) is 17.8. The molecule has 2 saturated heterocycles.